The van der Waals surface area contributed by atoms with Gasteiger partial charge in [-0.3, -0.25) is 9.59 Å². The summed E-state index contributed by atoms with van der Waals surface area (Å²) in [5, 5.41) is 25.1. The van der Waals surface area contributed by atoms with Crippen molar-refractivity contribution in [3.05, 3.63) is 35.1 Å². The van der Waals surface area contributed by atoms with Crippen LogP contribution in [0.2, 0.25) is 5.02 Å². The number of aliphatic hydroxyl groups is 1. The van der Waals surface area contributed by atoms with Crippen LogP contribution in [0.25, 0.3) is 5.69 Å². The summed E-state index contributed by atoms with van der Waals surface area (Å²) in [6.45, 7) is 4.17. The Morgan fingerprint density at radius 1 is 1.32 bits per heavy atom. The van der Waals surface area contributed by atoms with Gasteiger partial charge in [-0.05, 0) is 65.8 Å². The lowest BCUT2D eigenvalue weighted by molar-refractivity contribution is -0.147. The van der Waals surface area contributed by atoms with E-state index in [0.29, 0.717) is 29.5 Å². The number of aromatic nitrogens is 4. The molecule has 10 heteroatoms. The minimum absolute atomic E-state index is 0.111. The Hall–Kier alpha value is -2.52. The molecule has 31 heavy (non-hydrogen) atoms. The summed E-state index contributed by atoms with van der Waals surface area (Å²) in [6.07, 6.45) is 3.58. The van der Waals surface area contributed by atoms with E-state index >= 15 is 0 Å². The number of halogens is 1. The van der Waals surface area contributed by atoms with Crippen LogP contribution in [0.15, 0.2) is 24.5 Å². The highest BCUT2D eigenvalue weighted by Crippen LogP contribution is 2.36. The first-order valence-electron chi connectivity index (χ1n) is 10.6. The average Bonchev–Trinajstić information content (AvgIpc) is 3.28. The highest BCUT2D eigenvalue weighted by Gasteiger charge is 2.45. The SMILES string of the molecule is CC1[C@@H](C)C[C@@H](C(=O)NCc2cc(Cl)ccc2-n2cnnn2)N1C(=O)[C@H](O)CC1CC1. The maximum atomic E-state index is 13.1. The first kappa shape index (κ1) is 21.7. The molecule has 2 aromatic rings. The highest BCUT2D eigenvalue weighted by atomic mass is 35.5. The van der Waals surface area contributed by atoms with Gasteiger partial charge < -0.3 is 15.3 Å². The Bertz CT molecular complexity index is 949. The number of likely N-dealkylation sites (tertiary alicyclic amines) is 1. The molecule has 1 unspecified atom stereocenters. The first-order chi connectivity index (χ1) is 14.8. The average molecular weight is 447 g/mol. The molecule has 4 atom stereocenters. The van der Waals surface area contributed by atoms with Crippen LogP contribution in [0.5, 0.6) is 0 Å². The van der Waals surface area contributed by atoms with Crippen molar-refractivity contribution in [3.63, 3.8) is 0 Å². The number of amides is 2. The van der Waals surface area contributed by atoms with Crippen molar-refractivity contribution < 1.29 is 14.7 Å². The summed E-state index contributed by atoms with van der Waals surface area (Å²) < 4.78 is 1.50. The zero-order valence-electron chi connectivity index (χ0n) is 17.6. The lowest BCUT2D eigenvalue weighted by Gasteiger charge is -2.30. The van der Waals surface area contributed by atoms with Crippen LogP contribution in [0, 0.1) is 11.8 Å². The van der Waals surface area contributed by atoms with E-state index in [1.165, 1.54) is 11.0 Å². The smallest absolute Gasteiger partial charge is 0.252 e. The number of tetrazole rings is 1. The van der Waals surface area contributed by atoms with Crippen molar-refractivity contribution in [3.8, 4) is 5.69 Å². The highest BCUT2D eigenvalue weighted by molar-refractivity contribution is 6.30. The molecule has 1 saturated heterocycles. The minimum Gasteiger partial charge on any atom is -0.383 e. The number of carbonyl (C=O) groups excluding carboxylic acids is 2. The molecule has 1 saturated carbocycles. The third-order valence-corrected chi connectivity index (χ3v) is 6.61. The monoisotopic (exact) mass is 446 g/mol. The van der Waals surface area contributed by atoms with E-state index in [2.05, 4.69) is 20.8 Å². The quantitative estimate of drug-likeness (QED) is 0.669. The summed E-state index contributed by atoms with van der Waals surface area (Å²) >= 11 is 6.15. The van der Waals surface area contributed by atoms with E-state index in [9.17, 15) is 14.7 Å². The van der Waals surface area contributed by atoms with Gasteiger partial charge in [0.25, 0.3) is 5.91 Å². The van der Waals surface area contributed by atoms with E-state index < -0.39 is 12.1 Å². The summed E-state index contributed by atoms with van der Waals surface area (Å²) in [4.78, 5) is 27.6. The van der Waals surface area contributed by atoms with Crippen molar-refractivity contribution in [1.82, 2.24) is 30.4 Å². The number of hydrogen-bond donors (Lipinski definition) is 2. The maximum absolute atomic E-state index is 13.1. The molecule has 9 nitrogen and oxygen atoms in total. The standard InChI is InChI=1S/C21H27ClN6O3/c1-12-7-18(28(13(12)2)21(31)19(29)8-14-3-4-14)20(30)23-10-15-9-16(22)5-6-17(15)27-11-24-25-26-27/h5-6,9,11-14,18-19,29H,3-4,7-8,10H2,1-2H3,(H,23,30)/t12-,13?,18-,19+/m0/s1. The van der Waals surface area contributed by atoms with Crippen LogP contribution in [0.1, 0.15) is 45.1 Å². The molecular weight excluding hydrogens is 420 g/mol. The second-order valence-corrected chi connectivity index (χ2v) is 9.09. The molecule has 4 rings (SSSR count). The number of benzene rings is 1. The maximum Gasteiger partial charge on any atom is 0.252 e. The summed E-state index contributed by atoms with van der Waals surface area (Å²) in [7, 11) is 0. The fourth-order valence-corrected chi connectivity index (χ4v) is 4.44. The number of aliphatic hydroxyl groups excluding tert-OH is 1. The van der Waals surface area contributed by atoms with E-state index in [-0.39, 0.29) is 30.3 Å². The third-order valence-electron chi connectivity index (χ3n) is 6.38. The topological polar surface area (TPSA) is 113 Å². The van der Waals surface area contributed by atoms with Gasteiger partial charge in [0.15, 0.2) is 0 Å². The fourth-order valence-electron chi connectivity index (χ4n) is 4.24. The van der Waals surface area contributed by atoms with Gasteiger partial charge >= 0.3 is 0 Å². The van der Waals surface area contributed by atoms with Crippen LogP contribution in [0.3, 0.4) is 0 Å². The Morgan fingerprint density at radius 3 is 2.77 bits per heavy atom. The molecule has 0 spiro atoms. The molecule has 2 amide bonds. The number of nitrogens with zero attached hydrogens (tertiary/aromatic N) is 5. The molecule has 1 aliphatic heterocycles. The predicted molar refractivity (Wildman–Crippen MR) is 113 cm³/mol. The molecule has 1 aromatic carbocycles. The molecule has 2 N–H and O–H groups in total. The molecule has 1 aliphatic carbocycles. The van der Waals surface area contributed by atoms with Gasteiger partial charge in [0.05, 0.1) is 5.69 Å². The second kappa shape index (κ2) is 8.92. The Balaban J connectivity index is 1.47. The third kappa shape index (κ3) is 4.72. The summed E-state index contributed by atoms with van der Waals surface area (Å²) in [6, 6.07) is 4.54. The molecule has 0 radical (unpaired) electrons. The van der Waals surface area contributed by atoms with Gasteiger partial charge in [0.1, 0.15) is 18.5 Å². The van der Waals surface area contributed by atoms with Gasteiger partial charge in [-0.15, -0.1) is 5.10 Å². The van der Waals surface area contributed by atoms with Gasteiger partial charge in [0.2, 0.25) is 5.91 Å². The Morgan fingerprint density at radius 2 is 2.10 bits per heavy atom. The van der Waals surface area contributed by atoms with E-state index in [0.717, 1.165) is 18.4 Å². The van der Waals surface area contributed by atoms with Crippen LogP contribution >= 0.6 is 11.6 Å². The summed E-state index contributed by atoms with van der Waals surface area (Å²) in [5.41, 5.74) is 1.45. The van der Waals surface area contributed by atoms with E-state index in [4.69, 9.17) is 11.6 Å². The van der Waals surface area contributed by atoms with E-state index in [1.807, 2.05) is 13.8 Å². The van der Waals surface area contributed by atoms with Crippen LogP contribution in [-0.4, -0.2) is 60.2 Å². The minimum atomic E-state index is -1.05. The lowest BCUT2D eigenvalue weighted by Crippen LogP contribution is -2.51. The number of hydrogen-bond acceptors (Lipinski definition) is 6. The molecule has 2 aliphatic rings. The molecule has 0 bridgehead atoms. The zero-order valence-corrected chi connectivity index (χ0v) is 18.4. The van der Waals surface area contributed by atoms with Crippen molar-refractivity contribution >= 4 is 23.4 Å². The lowest BCUT2D eigenvalue weighted by atomic mass is 10.0. The zero-order chi connectivity index (χ0) is 22.1. The fraction of sp³-hybridized carbons (Fsp3) is 0.571. The number of nitrogens with one attached hydrogen (secondary N) is 1. The van der Waals surface area contributed by atoms with Crippen LogP contribution in [-0.2, 0) is 16.1 Å². The number of rotatable bonds is 7. The number of carbonyl (C=O) groups is 2. The molecule has 166 valence electrons. The normalized spacial score (nSPS) is 24.3. The van der Waals surface area contributed by atoms with Gasteiger partial charge in [-0.2, -0.15) is 0 Å². The van der Waals surface area contributed by atoms with E-state index in [1.54, 1.807) is 23.1 Å². The molecular formula is C21H27ClN6O3. The second-order valence-electron chi connectivity index (χ2n) is 8.66. The van der Waals surface area contributed by atoms with Crippen LogP contribution < -0.4 is 5.32 Å². The van der Waals surface area contributed by atoms with Crippen molar-refractivity contribution in [1.29, 1.82) is 0 Å². The summed E-state index contributed by atoms with van der Waals surface area (Å²) in [5.74, 6) is -0.00305. The van der Waals surface area contributed by atoms with Crippen LogP contribution in [0.4, 0.5) is 0 Å². The molecule has 1 aromatic heterocycles. The van der Waals surface area contributed by atoms with Crippen molar-refractivity contribution in [2.45, 2.75) is 64.3 Å². The van der Waals surface area contributed by atoms with Crippen molar-refractivity contribution in [2.75, 3.05) is 0 Å². The van der Waals surface area contributed by atoms with Gasteiger partial charge in [0, 0.05) is 17.6 Å². The first-order valence-corrected chi connectivity index (χ1v) is 11.0. The Kier molecular flexibility index (Phi) is 6.24. The largest absolute Gasteiger partial charge is 0.383 e. The predicted octanol–water partition coefficient (Wildman–Crippen LogP) is 1.72. The molecule has 2 fully saturated rings. The van der Waals surface area contributed by atoms with Crippen molar-refractivity contribution in [2.24, 2.45) is 11.8 Å². The van der Waals surface area contributed by atoms with Gasteiger partial charge in [-0.1, -0.05) is 31.4 Å². The van der Waals surface area contributed by atoms with Gasteiger partial charge in [-0.25, -0.2) is 4.68 Å². The Labute approximate surface area is 185 Å². The molecule has 2 heterocycles.